The lowest BCUT2D eigenvalue weighted by molar-refractivity contribution is 0.305. The summed E-state index contributed by atoms with van der Waals surface area (Å²) in [5.41, 5.74) is 6.86. The zero-order valence-electron chi connectivity index (χ0n) is 9.90. The minimum absolute atomic E-state index is 0.197. The van der Waals surface area contributed by atoms with Crippen LogP contribution in [0.25, 0.3) is 0 Å². The molecule has 0 radical (unpaired) electrons. The van der Waals surface area contributed by atoms with E-state index in [1.165, 1.54) is 18.2 Å². The maximum atomic E-state index is 13.1. The number of nitrogens with two attached hydrogens (primary N) is 1. The maximum Gasteiger partial charge on any atom is 0.123 e. The molecular formula is C14H11ClFNOS. The van der Waals surface area contributed by atoms with Crippen molar-refractivity contribution in [3.05, 3.63) is 64.4 Å². The summed E-state index contributed by atoms with van der Waals surface area (Å²) in [5, 5.41) is 0.473. The molecule has 2 aromatic carbocycles. The first-order valence-corrected chi connectivity index (χ1v) is 6.31. The standard InChI is InChI=1S/C14H11ClFNOS/c15-13-6-3-11(16)7-10(13)8-18-12-4-1-9(2-5-12)14(17)19/h1-7H,8H2,(H2,17,19). The number of hydrogen-bond donors (Lipinski definition) is 1. The average molecular weight is 296 g/mol. The summed E-state index contributed by atoms with van der Waals surface area (Å²) < 4.78 is 18.6. The second-order valence-electron chi connectivity index (χ2n) is 3.91. The molecule has 0 amide bonds. The van der Waals surface area contributed by atoms with Crippen molar-refractivity contribution in [2.45, 2.75) is 6.61 Å². The third kappa shape index (κ3) is 3.66. The van der Waals surface area contributed by atoms with Gasteiger partial charge in [-0.25, -0.2) is 4.39 Å². The van der Waals surface area contributed by atoms with Gasteiger partial charge in [-0.05, 0) is 42.5 Å². The van der Waals surface area contributed by atoms with Crippen molar-refractivity contribution >= 4 is 28.8 Å². The van der Waals surface area contributed by atoms with E-state index in [1.807, 2.05) is 0 Å². The van der Waals surface area contributed by atoms with Crippen molar-refractivity contribution in [1.82, 2.24) is 0 Å². The molecular weight excluding hydrogens is 285 g/mol. The molecule has 19 heavy (non-hydrogen) atoms. The zero-order valence-corrected chi connectivity index (χ0v) is 11.5. The minimum Gasteiger partial charge on any atom is -0.489 e. The van der Waals surface area contributed by atoms with E-state index in [2.05, 4.69) is 0 Å². The number of rotatable bonds is 4. The molecule has 0 aliphatic heterocycles. The van der Waals surface area contributed by atoms with E-state index in [9.17, 15) is 4.39 Å². The number of ether oxygens (including phenoxy) is 1. The summed E-state index contributed by atoms with van der Waals surface area (Å²) in [6.45, 7) is 0.197. The van der Waals surface area contributed by atoms with Crippen LogP contribution in [0.15, 0.2) is 42.5 Å². The molecule has 2 nitrogen and oxygen atoms in total. The maximum absolute atomic E-state index is 13.1. The molecule has 0 aliphatic rings. The Balaban J connectivity index is 2.06. The van der Waals surface area contributed by atoms with Crippen molar-refractivity contribution in [3.8, 4) is 5.75 Å². The Bertz CT molecular complexity index is 601. The molecule has 5 heteroatoms. The first kappa shape index (κ1) is 13.8. The van der Waals surface area contributed by atoms with Gasteiger partial charge in [0.25, 0.3) is 0 Å². The van der Waals surface area contributed by atoms with Gasteiger partial charge in [-0.3, -0.25) is 0 Å². The van der Waals surface area contributed by atoms with Gasteiger partial charge in [-0.1, -0.05) is 23.8 Å². The Morgan fingerprint density at radius 2 is 1.89 bits per heavy atom. The molecule has 0 aromatic heterocycles. The second kappa shape index (κ2) is 5.99. The Morgan fingerprint density at radius 1 is 1.21 bits per heavy atom. The molecule has 0 saturated heterocycles. The lowest BCUT2D eigenvalue weighted by Gasteiger charge is -2.08. The van der Waals surface area contributed by atoms with E-state index >= 15 is 0 Å². The highest BCUT2D eigenvalue weighted by Crippen LogP contribution is 2.20. The fourth-order valence-electron chi connectivity index (χ4n) is 1.53. The van der Waals surface area contributed by atoms with Crippen LogP contribution in [-0.2, 0) is 6.61 Å². The fourth-order valence-corrected chi connectivity index (χ4v) is 1.84. The summed E-state index contributed by atoms with van der Waals surface area (Å²) in [6.07, 6.45) is 0. The first-order valence-electron chi connectivity index (χ1n) is 5.53. The Morgan fingerprint density at radius 3 is 2.53 bits per heavy atom. The number of halogens is 2. The fraction of sp³-hybridized carbons (Fsp3) is 0.0714. The van der Waals surface area contributed by atoms with E-state index in [0.29, 0.717) is 21.3 Å². The molecule has 0 unspecified atom stereocenters. The Labute approximate surface area is 120 Å². The Hall–Kier alpha value is -1.65. The van der Waals surface area contributed by atoms with Gasteiger partial charge in [0.2, 0.25) is 0 Å². The van der Waals surface area contributed by atoms with Crippen LogP contribution >= 0.6 is 23.8 Å². The first-order chi connectivity index (χ1) is 9.06. The molecule has 2 N–H and O–H groups in total. The summed E-state index contributed by atoms with van der Waals surface area (Å²) in [4.78, 5) is 0.333. The lowest BCUT2D eigenvalue weighted by atomic mass is 10.2. The molecule has 0 atom stereocenters. The van der Waals surface area contributed by atoms with Crippen LogP contribution in [0, 0.1) is 5.82 Å². The molecule has 98 valence electrons. The van der Waals surface area contributed by atoms with Crippen molar-refractivity contribution < 1.29 is 9.13 Å². The van der Waals surface area contributed by atoms with Gasteiger partial charge in [0, 0.05) is 16.1 Å². The monoisotopic (exact) mass is 295 g/mol. The zero-order chi connectivity index (χ0) is 13.8. The summed E-state index contributed by atoms with van der Waals surface area (Å²) >= 11 is 10.8. The molecule has 0 fully saturated rings. The van der Waals surface area contributed by atoms with E-state index < -0.39 is 0 Å². The molecule has 2 rings (SSSR count). The quantitative estimate of drug-likeness (QED) is 0.874. The average Bonchev–Trinajstić information content (AvgIpc) is 2.40. The number of hydrogen-bond acceptors (Lipinski definition) is 2. The van der Waals surface area contributed by atoms with E-state index in [4.69, 9.17) is 34.3 Å². The predicted octanol–water partition coefficient (Wildman–Crippen LogP) is 3.69. The molecule has 0 aliphatic carbocycles. The molecule has 0 heterocycles. The molecule has 2 aromatic rings. The van der Waals surface area contributed by atoms with Crippen LogP contribution in [-0.4, -0.2) is 4.99 Å². The number of thiocarbonyl (C=S) groups is 1. The molecule has 0 spiro atoms. The van der Waals surface area contributed by atoms with E-state index in [1.54, 1.807) is 24.3 Å². The van der Waals surface area contributed by atoms with Crippen molar-refractivity contribution in [2.75, 3.05) is 0 Å². The number of benzene rings is 2. The van der Waals surface area contributed by atoms with Crippen LogP contribution in [0.4, 0.5) is 4.39 Å². The minimum atomic E-state index is -0.341. The van der Waals surface area contributed by atoms with Gasteiger partial charge < -0.3 is 10.5 Å². The third-order valence-electron chi connectivity index (χ3n) is 2.54. The van der Waals surface area contributed by atoms with Gasteiger partial charge in [0.05, 0.1) is 0 Å². The van der Waals surface area contributed by atoms with Crippen molar-refractivity contribution in [1.29, 1.82) is 0 Å². The summed E-state index contributed by atoms with van der Waals surface area (Å²) in [7, 11) is 0. The second-order valence-corrected chi connectivity index (χ2v) is 4.76. The summed E-state index contributed by atoms with van der Waals surface area (Å²) in [6, 6.07) is 11.2. The highest BCUT2D eigenvalue weighted by atomic mass is 35.5. The van der Waals surface area contributed by atoms with E-state index in [0.717, 1.165) is 5.56 Å². The van der Waals surface area contributed by atoms with Gasteiger partial charge in [0.15, 0.2) is 0 Å². The lowest BCUT2D eigenvalue weighted by Crippen LogP contribution is -2.08. The largest absolute Gasteiger partial charge is 0.489 e. The van der Waals surface area contributed by atoms with Crippen LogP contribution in [0.3, 0.4) is 0 Å². The van der Waals surface area contributed by atoms with Crippen LogP contribution in [0.1, 0.15) is 11.1 Å². The third-order valence-corrected chi connectivity index (χ3v) is 3.15. The highest BCUT2D eigenvalue weighted by Gasteiger charge is 2.04. The topological polar surface area (TPSA) is 35.2 Å². The SMILES string of the molecule is NC(=S)c1ccc(OCc2cc(F)ccc2Cl)cc1. The molecule has 0 bridgehead atoms. The van der Waals surface area contributed by atoms with Crippen molar-refractivity contribution in [2.24, 2.45) is 5.73 Å². The van der Waals surface area contributed by atoms with Gasteiger partial charge in [0.1, 0.15) is 23.2 Å². The summed E-state index contributed by atoms with van der Waals surface area (Å²) in [5.74, 6) is 0.298. The highest BCUT2D eigenvalue weighted by molar-refractivity contribution is 7.80. The Kier molecular flexibility index (Phi) is 4.35. The normalized spacial score (nSPS) is 10.2. The van der Waals surface area contributed by atoms with Gasteiger partial charge in [-0.2, -0.15) is 0 Å². The van der Waals surface area contributed by atoms with Crippen LogP contribution < -0.4 is 10.5 Å². The van der Waals surface area contributed by atoms with Gasteiger partial charge >= 0.3 is 0 Å². The van der Waals surface area contributed by atoms with Crippen LogP contribution in [0.2, 0.25) is 5.02 Å². The van der Waals surface area contributed by atoms with Crippen molar-refractivity contribution in [3.63, 3.8) is 0 Å². The van der Waals surface area contributed by atoms with Crippen LogP contribution in [0.5, 0.6) is 5.75 Å². The van der Waals surface area contributed by atoms with E-state index in [-0.39, 0.29) is 12.4 Å². The predicted molar refractivity (Wildman–Crippen MR) is 78.1 cm³/mol. The smallest absolute Gasteiger partial charge is 0.123 e. The van der Waals surface area contributed by atoms with Gasteiger partial charge in [-0.15, -0.1) is 0 Å². The molecule has 0 saturated carbocycles.